The summed E-state index contributed by atoms with van der Waals surface area (Å²) in [7, 11) is -0.430. The van der Waals surface area contributed by atoms with E-state index in [9.17, 15) is 0 Å². The summed E-state index contributed by atoms with van der Waals surface area (Å²) >= 11 is 3.53. The van der Waals surface area contributed by atoms with E-state index >= 15 is 0 Å². The first-order chi connectivity index (χ1) is 51.9. The van der Waals surface area contributed by atoms with Crippen molar-refractivity contribution >= 4 is 42.5 Å². The van der Waals surface area contributed by atoms with Crippen LogP contribution in [0.1, 0.15) is 33.4 Å². The van der Waals surface area contributed by atoms with Crippen molar-refractivity contribution in [1.29, 1.82) is 0 Å². The van der Waals surface area contributed by atoms with E-state index in [-0.39, 0.29) is 8.41 Å². The number of rotatable bonds is 14. The van der Waals surface area contributed by atoms with Gasteiger partial charge in [0.1, 0.15) is 23.4 Å². The van der Waals surface area contributed by atoms with Gasteiger partial charge >= 0.3 is 7.12 Å². The summed E-state index contributed by atoms with van der Waals surface area (Å²) in [6.07, 6.45) is 10.9. The Hall–Kier alpha value is -12.6. The van der Waals surface area contributed by atoms with E-state index in [2.05, 4.69) is 201 Å². The van der Waals surface area contributed by atoms with Crippen LogP contribution in [0, 0.1) is 6.08 Å². The zero-order valence-corrected chi connectivity index (χ0v) is 60.5. The maximum absolute atomic E-state index is 6.26. The minimum absolute atomic E-state index is 0. The molecule has 1 aliphatic heterocycles. The zero-order chi connectivity index (χ0) is 72.2. The summed E-state index contributed by atoms with van der Waals surface area (Å²) in [5.41, 5.74) is 21.7. The van der Waals surface area contributed by atoms with E-state index in [0.717, 1.165) is 133 Å². The quantitative estimate of drug-likeness (QED) is 0.0768. The molecular weight excluding hydrogens is 1370 g/mol. The molecule has 13 heteroatoms. The van der Waals surface area contributed by atoms with Crippen molar-refractivity contribution in [2.75, 3.05) is 0 Å². The molecule has 1 saturated heterocycles. The average Bonchev–Trinajstić information content (AvgIpc) is 1.75. The Bertz CT molecular complexity index is 5320. The molecule has 0 atom stereocenters. The van der Waals surface area contributed by atoms with Gasteiger partial charge in [-0.05, 0) is 92.8 Å². The molecule has 1 fully saturated rings. The first-order valence-corrected chi connectivity index (χ1v) is 36.0. The fourth-order valence-corrected chi connectivity index (χ4v) is 12.8. The molecule has 0 saturated carbocycles. The lowest BCUT2D eigenvalue weighted by molar-refractivity contribution is 0.00578. The summed E-state index contributed by atoms with van der Waals surface area (Å²) in [5.74, 6) is 2.75. The molecule has 0 bridgehead atoms. The smallest absolute Gasteiger partial charge is 0.399 e. The van der Waals surface area contributed by atoms with Crippen LogP contribution in [-0.4, -0.2) is 66.6 Å². The van der Waals surface area contributed by atoms with E-state index in [4.69, 9.17) is 49.2 Å². The molecule has 0 unspecified atom stereocenters. The van der Waals surface area contributed by atoms with Gasteiger partial charge in [-0.3, -0.25) is 0 Å². The minimum Gasteiger partial charge on any atom is -0.399 e. The second-order valence-electron chi connectivity index (χ2n) is 26.6. The Morgan fingerprint density at radius 1 is 0.280 bits per heavy atom. The highest BCUT2D eigenvalue weighted by atomic mass is 79.9. The normalized spacial score (nSPS) is 13.0. The molecular formula is C94H75B2BrN8O2. The van der Waals surface area contributed by atoms with Gasteiger partial charge in [-0.15, -0.1) is 0 Å². The van der Waals surface area contributed by atoms with Gasteiger partial charge in [0.05, 0.1) is 63.2 Å². The van der Waals surface area contributed by atoms with E-state index in [1.54, 1.807) is 0 Å². The molecule has 107 heavy (non-hydrogen) atoms. The van der Waals surface area contributed by atoms with Crippen LogP contribution in [-0.2, 0) is 9.31 Å². The first kappa shape index (κ1) is 71.4. The molecule has 5 heterocycles. The van der Waals surface area contributed by atoms with Crippen LogP contribution in [0.25, 0.3) is 141 Å². The summed E-state index contributed by atoms with van der Waals surface area (Å²) in [5, 5.41) is 0. The van der Waals surface area contributed by atoms with Gasteiger partial charge in [-0.25, -0.2) is 39.9 Å². The van der Waals surface area contributed by atoms with Crippen molar-refractivity contribution in [2.45, 2.75) is 38.9 Å². The van der Waals surface area contributed by atoms with Crippen LogP contribution in [0.5, 0.6) is 0 Å². The number of allylic oxidation sites excluding steroid dienone is 6. The second-order valence-corrected chi connectivity index (χ2v) is 27.5. The van der Waals surface area contributed by atoms with E-state index in [1.165, 1.54) is 0 Å². The molecule has 0 amide bonds. The highest BCUT2D eigenvalue weighted by molar-refractivity contribution is 9.10. The Balaban J connectivity index is 0.000000142. The Kier molecular flexibility index (Phi) is 21.8. The van der Waals surface area contributed by atoms with Crippen LogP contribution in [0.15, 0.2) is 362 Å². The molecule has 11 aromatic carbocycles. The summed E-state index contributed by atoms with van der Waals surface area (Å²) in [4.78, 5) is 39.6. The van der Waals surface area contributed by atoms with Gasteiger partial charge in [0.25, 0.3) is 0 Å². The summed E-state index contributed by atoms with van der Waals surface area (Å²) in [6, 6.07) is 113. The van der Waals surface area contributed by atoms with Crippen molar-refractivity contribution in [3.63, 3.8) is 0 Å². The number of benzene rings is 11. The van der Waals surface area contributed by atoms with E-state index < -0.39 is 18.3 Å². The van der Waals surface area contributed by atoms with E-state index in [1.807, 2.05) is 206 Å². The number of halogens is 1. The third-order valence-corrected chi connectivity index (χ3v) is 19.2. The molecule has 0 N–H and O–H groups in total. The highest BCUT2D eigenvalue weighted by Gasteiger charge is 2.51. The van der Waals surface area contributed by atoms with Gasteiger partial charge in [0.2, 0.25) is 0 Å². The monoisotopic (exact) mass is 1450 g/mol. The van der Waals surface area contributed by atoms with Gasteiger partial charge in [0, 0.05) is 71.7 Å². The van der Waals surface area contributed by atoms with Crippen molar-refractivity contribution in [1.82, 2.24) is 39.9 Å². The van der Waals surface area contributed by atoms with Crippen LogP contribution < -0.4 is 5.46 Å². The highest BCUT2D eigenvalue weighted by Crippen LogP contribution is 2.39. The molecule has 516 valence electrons. The lowest BCUT2D eigenvalue weighted by Crippen LogP contribution is -2.41. The van der Waals surface area contributed by atoms with Gasteiger partial charge in [-0.2, -0.15) is 0 Å². The lowest BCUT2D eigenvalue weighted by atomic mass is 9.78. The SMILES string of the molecule is Brc1cccc(-c2nc(C3=CC=[C+]C=C3)cc(-c3ccccc3)n2)c1.CC1(C)OB(c2cccc(-c3nc(-c4ccccc4)cc(-c4ccccc4)n3)c2)OC1(C)C.[BH4-].c1ccc(-c2cc(-c3ccccc3)nc(-c3cccc(-c4cccc(-c5nc(-c6ccccc6)cc(-c6ccccc6)n5)c4)c3)n2)cc1. The molecule has 15 aromatic rings. The minimum atomic E-state index is -0.430. The van der Waals surface area contributed by atoms with Crippen molar-refractivity contribution in [3.05, 3.63) is 374 Å². The predicted molar refractivity (Wildman–Crippen MR) is 447 cm³/mol. The second kappa shape index (κ2) is 32.6. The zero-order valence-electron chi connectivity index (χ0n) is 58.9. The molecule has 4 aromatic heterocycles. The molecule has 17 rings (SSSR count). The Morgan fingerprint density at radius 2 is 0.542 bits per heavy atom. The predicted octanol–water partition coefficient (Wildman–Crippen LogP) is 21.1. The summed E-state index contributed by atoms with van der Waals surface area (Å²) in [6.45, 7) is 8.26. The number of nitrogens with zero attached hydrogens (tertiary/aromatic N) is 8. The largest absolute Gasteiger partial charge is 0.494 e. The van der Waals surface area contributed by atoms with Crippen LogP contribution in [0.3, 0.4) is 0 Å². The van der Waals surface area contributed by atoms with Crippen LogP contribution in [0.4, 0.5) is 0 Å². The number of hydrogen-bond acceptors (Lipinski definition) is 10. The van der Waals surface area contributed by atoms with Gasteiger partial charge < -0.3 is 9.31 Å². The fraction of sp³-hybridized carbons (Fsp3) is 0.0638. The summed E-state index contributed by atoms with van der Waals surface area (Å²) < 4.78 is 13.5. The Morgan fingerprint density at radius 3 is 0.850 bits per heavy atom. The molecule has 0 spiro atoms. The first-order valence-electron chi connectivity index (χ1n) is 35.2. The molecule has 0 radical (unpaired) electrons. The fourth-order valence-electron chi connectivity index (χ4n) is 12.4. The third-order valence-electron chi connectivity index (χ3n) is 18.7. The van der Waals surface area contributed by atoms with Gasteiger partial charge in [-0.1, -0.05) is 309 Å². The third kappa shape index (κ3) is 17.0. The molecule has 1 aliphatic carbocycles. The van der Waals surface area contributed by atoms with Crippen molar-refractivity contribution in [2.24, 2.45) is 0 Å². The lowest BCUT2D eigenvalue weighted by Gasteiger charge is -2.32. The maximum Gasteiger partial charge on any atom is 0.494 e. The average molecular weight is 1450 g/mol. The molecule has 2 aliphatic rings. The van der Waals surface area contributed by atoms with Crippen molar-refractivity contribution in [3.8, 4) is 135 Å². The maximum atomic E-state index is 6.26. The van der Waals surface area contributed by atoms with Gasteiger partial charge in [0.15, 0.2) is 23.3 Å². The number of hydrogen-bond donors (Lipinski definition) is 0. The Labute approximate surface area is 636 Å². The topological polar surface area (TPSA) is 122 Å². The van der Waals surface area contributed by atoms with Crippen LogP contribution in [0.2, 0.25) is 0 Å². The van der Waals surface area contributed by atoms with E-state index in [0.29, 0.717) is 23.3 Å². The number of aromatic nitrogens is 8. The van der Waals surface area contributed by atoms with Crippen LogP contribution >= 0.6 is 15.9 Å². The molecule has 10 nitrogen and oxygen atoms in total. The van der Waals surface area contributed by atoms with Crippen molar-refractivity contribution < 1.29 is 9.31 Å². The standard InChI is InChI=1S/C44H30N4.C28H27BN2O2.C22H14BrN2.BH4/c1-5-15-31(16-6-1)39-29-40(32-17-7-2-8-18-32)46-43(45-39)37-25-13-23-35(27-37)36-24-14-26-38(28-36)44-47-41(33-19-9-3-10-20-33)30-42(48-44)34-21-11-4-12-22-34;1-27(2)28(3,4)33-29(32-27)23-17-11-16-22(18-23)26-30-24(20-12-7-5-8-13-20)19-25(31-26)21-14-9-6-10-15-21;23-19-13-7-12-18(14-19)22-24-20(16-8-3-1-4-9-16)15-21(25-22)17-10-5-2-6-11-17;/h1-30H;5-19H,1-4H3;1,3-15H;1H4/q;;+1;-1.